The van der Waals surface area contributed by atoms with Crippen molar-refractivity contribution in [3.05, 3.63) is 30.3 Å². The van der Waals surface area contributed by atoms with Crippen LogP contribution in [0.4, 0.5) is 0 Å². The fourth-order valence-corrected chi connectivity index (χ4v) is 5.87. The van der Waals surface area contributed by atoms with Gasteiger partial charge in [0.15, 0.2) is 18.1 Å². The van der Waals surface area contributed by atoms with Gasteiger partial charge >= 0.3 is 0 Å². The predicted octanol–water partition coefficient (Wildman–Crippen LogP) is 1.25. The van der Waals surface area contributed by atoms with Crippen LogP contribution in [0.5, 0.6) is 0 Å². The van der Waals surface area contributed by atoms with Crippen LogP contribution in [0.1, 0.15) is 0 Å². The average molecular weight is 196 g/mol. The first-order valence-electron chi connectivity index (χ1n) is 4.40. The first-order valence-corrected chi connectivity index (χ1v) is 9.39. The fraction of sp³-hybridized carbons (Fsp3) is 0.333. The van der Waals surface area contributed by atoms with Crippen molar-refractivity contribution in [3.63, 3.8) is 0 Å². The Kier molecular flexibility index (Phi) is 3.71. The minimum atomic E-state index is -1.06. The van der Waals surface area contributed by atoms with E-state index in [1.807, 2.05) is 0 Å². The summed E-state index contributed by atoms with van der Waals surface area (Å²) in [7, 11) is -1.89. The quantitative estimate of drug-likeness (QED) is 0.661. The van der Waals surface area contributed by atoms with Gasteiger partial charge in [-0.25, -0.2) is 0 Å². The number of hydrogen-bond donors (Lipinski definition) is 0. The molecule has 1 atom stereocenters. The molecule has 1 aromatic carbocycles. The summed E-state index contributed by atoms with van der Waals surface area (Å²) in [6.07, 6.45) is 0. The molecule has 0 radical (unpaired) electrons. The van der Waals surface area contributed by atoms with Gasteiger partial charge in [0.1, 0.15) is 0 Å². The molecular formula is C9H16OSi2. The lowest BCUT2D eigenvalue weighted by molar-refractivity contribution is 0.614. The molecule has 0 fully saturated rings. The van der Waals surface area contributed by atoms with Gasteiger partial charge in [-0.1, -0.05) is 30.3 Å². The molecule has 3 heteroatoms. The Hall–Kier alpha value is -0.386. The third-order valence-electron chi connectivity index (χ3n) is 1.75. The van der Waals surface area contributed by atoms with Crippen molar-refractivity contribution in [2.75, 3.05) is 0 Å². The standard InChI is InChI=1S/C9H16OSi2/c1-11(2)10-12(3)9-7-5-4-6-8-9/h4-8,11-12H,1-3H3. The summed E-state index contributed by atoms with van der Waals surface area (Å²) < 4.78 is 5.91. The predicted molar refractivity (Wildman–Crippen MR) is 59.1 cm³/mol. The van der Waals surface area contributed by atoms with Crippen molar-refractivity contribution in [2.24, 2.45) is 0 Å². The topological polar surface area (TPSA) is 9.23 Å². The van der Waals surface area contributed by atoms with Gasteiger partial charge in [0.05, 0.1) is 0 Å². The van der Waals surface area contributed by atoms with Crippen molar-refractivity contribution < 1.29 is 4.12 Å². The summed E-state index contributed by atoms with van der Waals surface area (Å²) in [6.45, 7) is 6.71. The zero-order valence-electron chi connectivity index (χ0n) is 7.95. The Morgan fingerprint density at radius 3 is 2.08 bits per heavy atom. The monoisotopic (exact) mass is 196 g/mol. The summed E-state index contributed by atoms with van der Waals surface area (Å²) in [4.78, 5) is 0. The minimum absolute atomic E-state index is 0.836. The van der Waals surface area contributed by atoms with Gasteiger partial charge in [0.2, 0.25) is 0 Å². The van der Waals surface area contributed by atoms with Crippen LogP contribution in [0.2, 0.25) is 19.6 Å². The number of benzene rings is 1. The molecule has 0 saturated heterocycles. The second-order valence-electron chi connectivity index (χ2n) is 3.24. The van der Waals surface area contributed by atoms with E-state index in [-0.39, 0.29) is 0 Å². The fourth-order valence-electron chi connectivity index (χ4n) is 1.21. The zero-order valence-corrected chi connectivity index (χ0v) is 10.3. The molecule has 0 spiro atoms. The zero-order chi connectivity index (χ0) is 8.97. The van der Waals surface area contributed by atoms with Crippen LogP contribution in [-0.4, -0.2) is 18.1 Å². The average Bonchev–Trinajstić information content (AvgIpc) is 2.05. The van der Waals surface area contributed by atoms with Crippen molar-refractivity contribution in [1.82, 2.24) is 0 Å². The lowest BCUT2D eigenvalue weighted by Crippen LogP contribution is -2.33. The van der Waals surface area contributed by atoms with Crippen LogP contribution in [0, 0.1) is 0 Å². The van der Waals surface area contributed by atoms with Crippen LogP contribution >= 0.6 is 0 Å². The van der Waals surface area contributed by atoms with Gasteiger partial charge in [-0.05, 0) is 24.8 Å². The molecule has 0 N–H and O–H groups in total. The molecule has 12 heavy (non-hydrogen) atoms. The van der Waals surface area contributed by atoms with Gasteiger partial charge in [0.25, 0.3) is 0 Å². The maximum Gasteiger partial charge on any atom is 0.192 e. The maximum atomic E-state index is 5.91. The third-order valence-corrected chi connectivity index (χ3v) is 6.88. The Morgan fingerprint density at radius 2 is 1.58 bits per heavy atom. The van der Waals surface area contributed by atoms with Gasteiger partial charge in [-0.3, -0.25) is 0 Å². The van der Waals surface area contributed by atoms with Crippen molar-refractivity contribution >= 4 is 23.3 Å². The molecule has 0 aromatic heterocycles. The number of rotatable bonds is 3. The molecule has 66 valence electrons. The Bertz CT molecular complexity index is 223. The molecule has 0 aliphatic rings. The first-order chi connectivity index (χ1) is 5.70. The lowest BCUT2D eigenvalue weighted by Gasteiger charge is -2.14. The van der Waals surface area contributed by atoms with Crippen LogP contribution < -0.4 is 5.19 Å². The molecule has 0 aliphatic carbocycles. The third kappa shape index (κ3) is 2.93. The van der Waals surface area contributed by atoms with E-state index in [2.05, 4.69) is 50.0 Å². The van der Waals surface area contributed by atoms with Crippen LogP contribution in [0.3, 0.4) is 0 Å². The van der Waals surface area contributed by atoms with E-state index in [0.29, 0.717) is 0 Å². The van der Waals surface area contributed by atoms with Gasteiger partial charge in [-0.2, -0.15) is 0 Å². The molecule has 0 bridgehead atoms. The largest absolute Gasteiger partial charge is 0.457 e. The van der Waals surface area contributed by atoms with Crippen molar-refractivity contribution in [3.8, 4) is 0 Å². The van der Waals surface area contributed by atoms with Gasteiger partial charge in [0, 0.05) is 0 Å². The highest BCUT2D eigenvalue weighted by Gasteiger charge is 2.08. The van der Waals surface area contributed by atoms with Gasteiger partial charge < -0.3 is 4.12 Å². The van der Waals surface area contributed by atoms with E-state index in [0.717, 1.165) is 0 Å². The van der Waals surface area contributed by atoms with Gasteiger partial charge in [-0.15, -0.1) is 0 Å². The summed E-state index contributed by atoms with van der Waals surface area (Å²) >= 11 is 0. The summed E-state index contributed by atoms with van der Waals surface area (Å²) in [5, 5.41) is 1.42. The molecule has 1 unspecified atom stereocenters. The molecular weight excluding hydrogens is 180 g/mol. The maximum absolute atomic E-state index is 5.91. The first kappa shape index (κ1) is 9.70. The minimum Gasteiger partial charge on any atom is -0.457 e. The molecule has 0 amide bonds. The summed E-state index contributed by atoms with van der Waals surface area (Å²) in [5.74, 6) is 0. The lowest BCUT2D eigenvalue weighted by atomic mass is 10.4. The van der Waals surface area contributed by atoms with Crippen LogP contribution in [0.15, 0.2) is 30.3 Å². The van der Waals surface area contributed by atoms with E-state index in [9.17, 15) is 0 Å². The highest BCUT2D eigenvalue weighted by atomic mass is 28.4. The highest BCUT2D eigenvalue weighted by molar-refractivity contribution is 6.73. The normalized spacial score (nSPS) is 13.3. The second-order valence-corrected chi connectivity index (χ2v) is 8.38. The SMILES string of the molecule is C[SiH](C)O[SiH](C)c1ccccc1. The summed E-state index contributed by atoms with van der Waals surface area (Å²) in [6, 6.07) is 10.6. The Labute approximate surface area is 77.8 Å². The molecule has 0 heterocycles. The second kappa shape index (κ2) is 4.59. The molecule has 0 saturated carbocycles. The van der Waals surface area contributed by atoms with E-state index >= 15 is 0 Å². The molecule has 1 rings (SSSR count). The van der Waals surface area contributed by atoms with E-state index in [4.69, 9.17) is 4.12 Å². The highest BCUT2D eigenvalue weighted by Crippen LogP contribution is 1.93. The smallest absolute Gasteiger partial charge is 0.192 e. The molecule has 1 aromatic rings. The van der Waals surface area contributed by atoms with E-state index < -0.39 is 18.1 Å². The van der Waals surface area contributed by atoms with E-state index in [1.54, 1.807) is 0 Å². The van der Waals surface area contributed by atoms with E-state index in [1.165, 1.54) is 5.19 Å². The van der Waals surface area contributed by atoms with Crippen LogP contribution in [0.25, 0.3) is 0 Å². The van der Waals surface area contributed by atoms with Crippen molar-refractivity contribution in [2.45, 2.75) is 19.6 Å². The molecule has 1 nitrogen and oxygen atoms in total. The van der Waals surface area contributed by atoms with Crippen molar-refractivity contribution in [1.29, 1.82) is 0 Å². The summed E-state index contributed by atoms with van der Waals surface area (Å²) in [5.41, 5.74) is 0. The molecule has 0 aliphatic heterocycles. The Morgan fingerprint density at radius 1 is 1.00 bits per heavy atom. The van der Waals surface area contributed by atoms with Crippen LogP contribution in [-0.2, 0) is 4.12 Å². The number of hydrogen-bond acceptors (Lipinski definition) is 1. The Balaban J connectivity index is 2.59.